The van der Waals surface area contributed by atoms with Crippen LogP contribution < -0.4 is 0 Å². The van der Waals surface area contributed by atoms with Gasteiger partial charge in [0.25, 0.3) is 0 Å². The quantitative estimate of drug-likeness (QED) is 0.583. The van der Waals surface area contributed by atoms with E-state index in [0.717, 1.165) is 11.8 Å². The minimum absolute atomic E-state index is 0.833. The number of hydrogen-bond donors (Lipinski definition) is 0. The maximum Gasteiger partial charge on any atom is 0.000346 e. The summed E-state index contributed by atoms with van der Waals surface area (Å²) in [6.45, 7) is 8.13. The van der Waals surface area contributed by atoms with E-state index in [1.165, 1.54) is 13.0 Å². The van der Waals surface area contributed by atoms with E-state index in [2.05, 4.69) is 39.8 Å². The fourth-order valence-electron chi connectivity index (χ4n) is 1.16. The zero-order valence-corrected chi connectivity index (χ0v) is 8.02. The van der Waals surface area contributed by atoms with Crippen LogP contribution in [0.4, 0.5) is 0 Å². The lowest BCUT2D eigenvalue weighted by atomic mass is 9.93. The minimum atomic E-state index is 0.833. The minimum Gasteiger partial charge on any atom is -0.309 e. The Morgan fingerprint density at radius 3 is 1.90 bits per heavy atom. The molecule has 0 fully saturated rings. The van der Waals surface area contributed by atoms with Crippen molar-refractivity contribution in [3.05, 3.63) is 0 Å². The second kappa shape index (κ2) is 4.73. The Morgan fingerprint density at radius 1 is 1.10 bits per heavy atom. The van der Waals surface area contributed by atoms with Crippen LogP contribution in [0.25, 0.3) is 0 Å². The predicted octanol–water partition coefficient (Wildman–Crippen LogP) is 2.23. The van der Waals surface area contributed by atoms with E-state index in [4.69, 9.17) is 0 Å². The van der Waals surface area contributed by atoms with Crippen LogP contribution in [0.15, 0.2) is 0 Å². The van der Waals surface area contributed by atoms with Crippen molar-refractivity contribution >= 4 is 0 Å². The van der Waals surface area contributed by atoms with Gasteiger partial charge in [-0.25, -0.2) is 0 Å². The monoisotopic (exact) mass is 143 g/mol. The average Bonchev–Trinajstić information content (AvgIpc) is 1.85. The second-order valence-corrected chi connectivity index (χ2v) is 3.63. The number of hydrogen-bond acceptors (Lipinski definition) is 1. The molecule has 0 N–H and O–H groups in total. The van der Waals surface area contributed by atoms with E-state index >= 15 is 0 Å². The van der Waals surface area contributed by atoms with Crippen molar-refractivity contribution in [2.45, 2.75) is 27.2 Å². The van der Waals surface area contributed by atoms with Crippen LogP contribution in [0.5, 0.6) is 0 Å². The molecule has 0 aliphatic heterocycles. The van der Waals surface area contributed by atoms with Crippen LogP contribution in [0, 0.1) is 11.8 Å². The van der Waals surface area contributed by atoms with Gasteiger partial charge in [-0.1, -0.05) is 27.2 Å². The molecular formula is C9H21N. The molecule has 2 atom stereocenters. The molecular weight excluding hydrogens is 122 g/mol. The third kappa shape index (κ3) is 3.89. The SMILES string of the molecule is CCC(C)[C@@H](C)CN(C)C. The van der Waals surface area contributed by atoms with E-state index < -0.39 is 0 Å². The molecule has 0 rings (SSSR count). The van der Waals surface area contributed by atoms with Crippen molar-refractivity contribution in [3.8, 4) is 0 Å². The molecule has 0 saturated carbocycles. The van der Waals surface area contributed by atoms with E-state index in [0.29, 0.717) is 0 Å². The lowest BCUT2D eigenvalue weighted by molar-refractivity contribution is 0.270. The molecule has 0 aromatic rings. The van der Waals surface area contributed by atoms with Gasteiger partial charge in [0.15, 0.2) is 0 Å². The molecule has 1 nitrogen and oxygen atoms in total. The smallest absolute Gasteiger partial charge is 0.000346 e. The summed E-state index contributed by atoms with van der Waals surface area (Å²) in [5.74, 6) is 1.70. The summed E-state index contributed by atoms with van der Waals surface area (Å²) in [7, 11) is 4.28. The van der Waals surface area contributed by atoms with E-state index in [1.807, 2.05) is 0 Å². The second-order valence-electron chi connectivity index (χ2n) is 3.63. The molecule has 1 unspecified atom stereocenters. The van der Waals surface area contributed by atoms with Crippen molar-refractivity contribution in [1.82, 2.24) is 4.90 Å². The van der Waals surface area contributed by atoms with E-state index in [9.17, 15) is 0 Å². The Balaban J connectivity index is 3.50. The van der Waals surface area contributed by atoms with Crippen molar-refractivity contribution < 1.29 is 0 Å². The van der Waals surface area contributed by atoms with Crippen molar-refractivity contribution in [3.63, 3.8) is 0 Å². The summed E-state index contributed by atoms with van der Waals surface area (Å²) >= 11 is 0. The van der Waals surface area contributed by atoms with E-state index in [1.54, 1.807) is 0 Å². The summed E-state index contributed by atoms with van der Waals surface area (Å²) in [5, 5.41) is 0. The maximum atomic E-state index is 2.33. The van der Waals surface area contributed by atoms with Gasteiger partial charge in [0, 0.05) is 6.54 Å². The Kier molecular flexibility index (Phi) is 4.71. The highest BCUT2D eigenvalue weighted by Gasteiger charge is 2.09. The molecule has 0 spiro atoms. The largest absolute Gasteiger partial charge is 0.309 e. The van der Waals surface area contributed by atoms with E-state index in [-0.39, 0.29) is 0 Å². The molecule has 0 radical (unpaired) electrons. The first-order chi connectivity index (χ1) is 4.57. The third-order valence-corrected chi connectivity index (χ3v) is 2.27. The average molecular weight is 143 g/mol. The summed E-state index contributed by atoms with van der Waals surface area (Å²) < 4.78 is 0. The highest BCUT2D eigenvalue weighted by Crippen LogP contribution is 2.14. The normalized spacial score (nSPS) is 17.4. The number of rotatable bonds is 4. The topological polar surface area (TPSA) is 3.24 Å². The van der Waals surface area contributed by atoms with Crippen LogP contribution in [0.2, 0.25) is 0 Å². The summed E-state index contributed by atoms with van der Waals surface area (Å²) in [6.07, 6.45) is 1.30. The molecule has 0 bridgehead atoms. The lowest BCUT2D eigenvalue weighted by Gasteiger charge is -2.21. The zero-order chi connectivity index (χ0) is 8.15. The number of nitrogens with zero attached hydrogens (tertiary/aromatic N) is 1. The molecule has 1 heteroatoms. The van der Waals surface area contributed by atoms with Crippen LogP contribution in [-0.4, -0.2) is 25.5 Å². The van der Waals surface area contributed by atoms with Gasteiger partial charge in [-0.15, -0.1) is 0 Å². The molecule has 0 aromatic heterocycles. The van der Waals surface area contributed by atoms with Crippen LogP contribution >= 0.6 is 0 Å². The Bertz CT molecular complexity index is 78.8. The Hall–Kier alpha value is -0.0400. The van der Waals surface area contributed by atoms with Gasteiger partial charge in [-0.05, 0) is 25.9 Å². The van der Waals surface area contributed by atoms with Gasteiger partial charge < -0.3 is 4.90 Å². The van der Waals surface area contributed by atoms with Gasteiger partial charge in [0.05, 0.1) is 0 Å². The van der Waals surface area contributed by atoms with Crippen molar-refractivity contribution in [1.29, 1.82) is 0 Å². The van der Waals surface area contributed by atoms with Gasteiger partial charge in [0.1, 0.15) is 0 Å². The zero-order valence-electron chi connectivity index (χ0n) is 8.02. The van der Waals surface area contributed by atoms with Crippen LogP contribution in [-0.2, 0) is 0 Å². The molecule has 0 aromatic carbocycles. The molecule has 0 saturated heterocycles. The molecule has 10 heavy (non-hydrogen) atoms. The van der Waals surface area contributed by atoms with Crippen molar-refractivity contribution in [2.75, 3.05) is 20.6 Å². The summed E-state index contributed by atoms with van der Waals surface area (Å²) in [4.78, 5) is 2.26. The van der Waals surface area contributed by atoms with Crippen LogP contribution in [0.3, 0.4) is 0 Å². The highest BCUT2D eigenvalue weighted by atomic mass is 15.1. The summed E-state index contributed by atoms with van der Waals surface area (Å²) in [6, 6.07) is 0. The predicted molar refractivity (Wildman–Crippen MR) is 47.2 cm³/mol. The first-order valence-corrected chi connectivity index (χ1v) is 4.22. The van der Waals surface area contributed by atoms with Crippen molar-refractivity contribution in [2.24, 2.45) is 11.8 Å². The fraction of sp³-hybridized carbons (Fsp3) is 1.00. The molecule has 0 heterocycles. The molecule has 0 aliphatic carbocycles. The van der Waals surface area contributed by atoms with Crippen LogP contribution in [0.1, 0.15) is 27.2 Å². The molecule has 62 valence electrons. The highest BCUT2D eigenvalue weighted by molar-refractivity contribution is 4.62. The van der Waals surface area contributed by atoms with Gasteiger partial charge in [-0.3, -0.25) is 0 Å². The molecule has 0 amide bonds. The fourth-order valence-corrected chi connectivity index (χ4v) is 1.16. The molecule has 0 aliphatic rings. The Morgan fingerprint density at radius 2 is 1.60 bits per heavy atom. The van der Waals surface area contributed by atoms with Gasteiger partial charge >= 0.3 is 0 Å². The maximum absolute atomic E-state index is 2.33. The summed E-state index contributed by atoms with van der Waals surface area (Å²) in [5.41, 5.74) is 0. The van der Waals surface area contributed by atoms with Gasteiger partial charge in [0.2, 0.25) is 0 Å². The standard InChI is InChI=1S/C9H21N/c1-6-8(2)9(3)7-10(4)5/h8-9H,6-7H2,1-5H3/t8?,9-/m0/s1. The third-order valence-electron chi connectivity index (χ3n) is 2.27. The first-order valence-electron chi connectivity index (χ1n) is 4.22. The lowest BCUT2D eigenvalue weighted by Crippen LogP contribution is -2.23. The Labute approximate surface area is 65.4 Å². The first kappa shape index (κ1) is 9.96. The van der Waals surface area contributed by atoms with Gasteiger partial charge in [-0.2, -0.15) is 0 Å².